The molecule has 0 aliphatic carbocycles. The lowest BCUT2D eigenvalue weighted by Crippen LogP contribution is -2.45. The lowest BCUT2D eigenvalue weighted by molar-refractivity contribution is 0.151. The van der Waals surface area contributed by atoms with Gasteiger partial charge in [0.2, 0.25) is 0 Å². The second kappa shape index (κ2) is 6.96. The minimum absolute atomic E-state index is 0.0352. The summed E-state index contributed by atoms with van der Waals surface area (Å²) < 4.78 is 0. The van der Waals surface area contributed by atoms with Gasteiger partial charge in [-0.2, -0.15) is 16.4 Å². The number of rotatable bonds is 4. The number of nitrogens with one attached hydrogen (secondary N) is 2. The molecule has 2 aromatic heterocycles. The number of hydrogen-bond donors (Lipinski definition) is 2. The number of amides is 2. The molecule has 3 rings (SSSR count). The van der Waals surface area contributed by atoms with E-state index in [4.69, 9.17) is 0 Å². The average molecular weight is 318 g/mol. The van der Waals surface area contributed by atoms with Crippen molar-refractivity contribution in [2.24, 2.45) is 0 Å². The summed E-state index contributed by atoms with van der Waals surface area (Å²) in [6, 6.07) is 2.30. The van der Waals surface area contributed by atoms with Gasteiger partial charge < -0.3 is 10.2 Å². The molecule has 1 saturated heterocycles. The Morgan fingerprint density at radius 1 is 1.59 bits per heavy atom. The summed E-state index contributed by atoms with van der Waals surface area (Å²) in [5.41, 5.74) is 2.39. The Morgan fingerprint density at radius 3 is 3.23 bits per heavy atom. The predicted octanol–water partition coefficient (Wildman–Crippen LogP) is 3.51. The first kappa shape index (κ1) is 15.1. The molecule has 0 saturated carbocycles. The van der Waals surface area contributed by atoms with Gasteiger partial charge in [-0.3, -0.25) is 5.10 Å². The summed E-state index contributed by atoms with van der Waals surface area (Å²) in [7, 11) is 0. The Labute approximate surface area is 134 Å². The molecule has 0 unspecified atom stereocenters. The van der Waals surface area contributed by atoms with Gasteiger partial charge in [0.1, 0.15) is 0 Å². The third-order valence-corrected chi connectivity index (χ3v) is 5.04. The summed E-state index contributed by atoms with van der Waals surface area (Å²) >= 11 is 1.70. The molecule has 2 amide bonds. The molecule has 2 atom stereocenters. The molecule has 1 aliphatic heterocycles. The molecule has 0 aromatic carbocycles. The van der Waals surface area contributed by atoms with E-state index in [0.717, 1.165) is 31.4 Å². The van der Waals surface area contributed by atoms with E-state index in [1.54, 1.807) is 11.3 Å². The molecule has 1 fully saturated rings. The van der Waals surface area contributed by atoms with Gasteiger partial charge in [0.25, 0.3) is 0 Å². The maximum Gasteiger partial charge on any atom is 0.317 e. The number of aromatic amines is 1. The van der Waals surface area contributed by atoms with Crippen LogP contribution in [0.3, 0.4) is 0 Å². The summed E-state index contributed by atoms with van der Waals surface area (Å²) in [5.74, 6) is 0.340. The fraction of sp³-hybridized carbons (Fsp3) is 0.500. The third-order valence-electron chi connectivity index (χ3n) is 4.34. The normalized spacial score (nSPS) is 19.9. The summed E-state index contributed by atoms with van der Waals surface area (Å²) in [4.78, 5) is 14.5. The summed E-state index contributed by atoms with van der Waals surface area (Å²) in [6.45, 7) is 3.63. The average Bonchev–Trinajstić information content (AvgIpc) is 3.24. The fourth-order valence-corrected chi connectivity index (χ4v) is 3.76. The largest absolute Gasteiger partial charge is 0.337 e. The molecule has 0 radical (unpaired) electrons. The topological polar surface area (TPSA) is 61.0 Å². The molecule has 6 heteroatoms. The van der Waals surface area contributed by atoms with Crippen molar-refractivity contribution < 1.29 is 4.79 Å². The van der Waals surface area contributed by atoms with Crippen LogP contribution in [0.2, 0.25) is 0 Å². The third kappa shape index (κ3) is 3.32. The van der Waals surface area contributed by atoms with Crippen molar-refractivity contribution in [3.8, 4) is 0 Å². The Hall–Kier alpha value is -1.82. The number of likely N-dealkylation sites (tertiary alicyclic amines) is 1. The molecule has 0 spiro atoms. The van der Waals surface area contributed by atoms with Gasteiger partial charge in [-0.25, -0.2) is 4.79 Å². The van der Waals surface area contributed by atoms with E-state index >= 15 is 0 Å². The van der Waals surface area contributed by atoms with E-state index in [1.807, 2.05) is 17.3 Å². The van der Waals surface area contributed by atoms with Crippen LogP contribution in [0.25, 0.3) is 0 Å². The first-order valence-electron chi connectivity index (χ1n) is 7.81. The van der Waals surface area contributed by atoms with E-state index in [0.29, 0.717) is 12.5 Å². The van der Waals surface area contributed by atoms with Gasteiger partial charge >= 0.3 is 6.03 Å². The van der Waals surface area contributed by atoms with Gasteiger partial charge in [-0.15, -0.1) is 0 Å². The molecule has 5 nitrogen and oxygen atoms in total. The van der Waals surface area contributed by atoms with Crippen LogP contribution in [0.1, 0.15) is 49.3 Å². The zero-order valence-corrected chi connectivity index (χ0v) is 13.6. The SMILES string of the molecule is C[C@@H](CNC(=O)N1CCCC[C@H]1c1cn[nH]c1)c1ccsc1. The maximum absolute atomic E-state index is 12.6. The van der Waals surface area contributed by atoms with Gasteiger partial charge in [0, 0.05) is 24.8 Å². The van der Waals surface area contributed by atoms with E-state index in [-0.39, 0.29) is 12.1 Å². The van der Waals surface area contributed by atoms with Crippen LogP contribution in [-0.2, 0) is 0 Å². The fourth-order valence-electron chi connectivity index (χ4n) is 2.98. The van der Waals surface area contributed by atoms with Crippen LogP contribution in [0.15, 0.2) is 29.2 Å². The van der Waals surface area contributed by atoms with E-state index in [1.165, 1.54) is 5.56 Å². The molecular weight excluding hydrogens is 296 g/mol. The Kier molecular flexibility index (Phi) is 4.77. The van der Waals surface area contributed by atoms with Crippen molar-refractivity contribution in [2.75, 3.05) is 13.1 Å². The minimum Gasteiger partial charge on any atom is -0.337 e. The van der Waals surface area contributed by atoms with E-state index < -0.39 is 0 Å². The summed E-state index contributed by atoms with van der Waals surface area (Å²) in [6.07, 6.45) is 6.95. The quantitative estimate of drug-likeness (QED) is 0.906. The molecule has 3 heterocycles. The first-order valence-corrected chi connectivity index (χ1v) is 8.75. The van der Waals surface area contributed by atoms with Crippen molar-refractivity contribution in [3.05, 3.63) is 40.3 Å². The molecule has 2 N–H and O–H groups in total. The second-order valence-corrected chi connectivity index (χ2v) is 6.66. The molecule has 1 aliphatic rings. The maximum atomic E-state index is 12.6. The Morgan fingerprint density at radius 2 is 2.50 bits per heavy atom. The number of hydrogen-bond acceptors (Lipinski definition) is 3. The zero-order chi connectivity index (χ0) is 15.4. The Bertz CT molecular complexity index is 581. The zero-order valence-electron chi connectivity index (χ0n) is 12.8. The minimum atomic E-state index is 0.0352. The van der Waals surface area contributed by atoms with E-state index in [9.17, 15) is 4.79 Å². The lowest BCUT2D eigenvalue weighted by Gasteiger charge is -2.35. The van der Waals surface area contributed by atoms with Gasteiger partial charge in [-0.1, -0.05) is 6.92 Å². The highest BCUT2D eigenvalue weighted by Gasteiger charge is 2.28. The predicted molar refractivity (Wildman–Crippen MR) is 88.0 cm³/mol. The standard InChI is InChI=1S/C16H22N4OS/c1-12(13-5-7-22-11-13)8-17-16(21)20-6-3-2-4-15(20)14-9-18-19-10-14/h5,7,9-12,15H,2-4,6,8H2,1H3,(H,17,21)(H,18,19)/t12-,15-/m0/s1. The van der Waals surface area contributed by atoms with E-state index in [2.05, 4.69) is 39.3 Å². The molecule has 0 bridgehead atoms. The van der Waals surface area contributed by atoms with Gasteiger partial charge in [-0.05, 0) is 47.6 Å². The van der Waals surface area contributed by atoms with Crippen LogP contribution in [0, 0.1) is 0 Å². The number of urea groups is 1. The number of piperidine rings is 1. The van der Waals surface area contributed by atoms with Gasteiger partial charge in [0.05, 0.1) is 12.2 Å². The van der Waals surface area contributed by atoms with Crippen molar-refractivity contribution in [1.29, 1.82) is 0 Å². The monoisotopic (exact) mass is 318 g/mol. The van der Waals surface area contributed by atoms with Gasteiger partial charge in [0.15, 0.2) is 0 Å². The van der Waals surface area contributed by atoms with Crippen LogP contribution < -0.4 is 5.32 Å². The number of H-pyrrole nitrogens is 1. The second-order valence-electron chi connectivity index (χ2n) is 5.88. The van der Waals surface area contributed by atoms with Crippen molar-refractivity contribution in [1.82, 2.24) is 20.4 Å². The van der Waals surface area contributed by atoms with Crippen molar-refractivity contribution in [2.45, 2.75) is 38.1 Å². The van der Waals surface area contributed by atoms with Crippen molar-refractivity contribution in [3.63, 3.8) is 0 Å². The lowest BCUT2D eigenvalue weighted by atomic mass is 9.98. The molecular formula is C16H22N4OS. The number of nitrogens with zero attached hydrogens (tertiary/aromatic N) is 2. The van der Waals surface area contributed by atoms with Crippen molar-refractivity contribution >= 4 is 17.4 Å². The van der Waals surface area contributed by atoms with Crippen LogP contribution in [0.5, 0.6) is 0 Å². The smallest absolute Gasteiger partial charge is 0.317 e. The van der Waals surface area contributed by atoms with Crippen LogP contribution >= 0.6 is 11.3 Å². The highest BCUT2D eigenvalue weighted by atomic mass is 32.1. The molecule has 118 valence electrons. The van der Waals surface area contributed by atoms with Crippen LogP contribution in [0.4, 0.5) is 4.79 Å². The van der Waals surface area contributed by atoms with Crippen LogP contribution in [-0.4, -0.2) is 34.2 Å². The summed E-state index contributed by atoms with van der Waals surface area (Å²) in [5, 5.41) is 14.2. The Balaban J connectivity index is 1.60. The number of aromatic nitrogens is 2. The molecule has 22 heavy (non-hydrogen) atoms. The molecule has 2 aromatic rings. The first-order chi connectivity index (χ1) is 10.8. The number of carbonyl (C=O) groups excluding carboxylic acids is 1. The number of thiophene rings is 1. The number of carbonyl (C=O) groups is 1. The highest BCUT2D eigenvalue weighted by Crippen LogP contribution is 2.30. The highest BCUT2D eigenvalue weighted by molar-refractivity contribution is 7.07.